The van der Waals surface area contributed by atoms with Crippen molar-refractivity contribution < 1.29 is 4.79 Å². The molecule has 1 aromatic carbocycles. The number of hydrogen-bond acceptors (Lipinski definition) is 4. The van der Waals surface area contributed by atoms with E-state index in [1.807, 2.05) is 70.0 Å². The Labute approximate surface area is 147 Å². The van der Waals surface area contributed by atoms with Gasteiger partial charge >= 0.3 is 0 Å². The van der Waals surface area contributed by atoms with Gasteiger partial charge in [-0.25, -0.2) is 9.50 Å². The summed E-state index contributed by atoms with van der Waals surface area (Å²) in [5, 5.41) is 4.31. The molecule has 0 bridgehead atoms. The minimum atomic E-state index is 0.0236. The zero-order valence-electron chi connectivity index (χ0n) is 15.3. The highest BCUT2D eigenvalue weighted by Crippen LogP contribution is 2.25. The standard InChI is InChI=1S/C19H23N5O/c1-12(2)24(13(3)4)18(25)17-9-7-6-8-16(17)15-10-20-19-21-14(5)22-23(19)11-15/h6-13H,1-5H3. The molecule has 1 amide bonds. The zero-order valence-corrected chi connectivity index (χ0v) is 15.3. The highest BCUT2D eigenvalue weighted by atomic mass is 16.2. The number of rotatable bonds is 4. The van der Waals surface area contributed by atoms with Crippen LogP contribution in [-0.4, -0.2) is 42.5 Å². The Morgan fingerprint density at radius 1 is 1.12 bits per heavy atom. The van der Waals surface area contributed by atoms with E-state index in [0.29, 0.717) is 17.2 Å². The number of benzene rings is 1. The molecule has 0 radical (unpaired) electrons. The van der Waals surface area contributed by atoms with Gasteiger partial charge in [-0.05, 0) is 46.2 Å². The first-order valence-corrected chi connectivity index (χ1v) is 8.49. The number of carbonyl (C=O) groups is 1. The summed E-state index contributed by atoms with van der Waals surface area (Å²) >= 11 is 0. The Morgan fingerprint density at radius 3 is 2.48 bits per heavy atom. The van der Waals surface area contributed by atoms with Crippen molar-refractivity contribution in [1.29, 1.82) is 0 Å². The lowest BCUT2D eigenvalue weighted by atomic mass is 10.00. The summed E-state index contributed by atoms with van der Waals surface area (Å²) in [5.74, 6) is 1.24. The van der Waals surface area contributed by atoms with Crippen molar-refractivity contribution in [2.45, 2.75) is 46.7 Å². The van der Waals surface area contributed by atoms with Gasteiger partial charge < -0.3 is 4.90 Å². The molecular weight excluding hydrogens is 314 g/mol. The molecule has 0 aliphatic heterocycles. The lowest BCUT2D eigenvalue weighted by Crippen LogP contribution is -2.42. The zero-order chi connectivity index (χ0) is 18.1. The first-order chi connectivity index (χ1) is 11.9. The van der Waals surface area contributed by atoms with Crippen LogP contribution in [0.5, 0.6) is 0 Å². The van der Waals surface area contributed by atoms with Crippen molar-refractivity contribution in [2.75, 3.05) is 0 Å². The summed E-state index contributed by atoms with van der Waals surface area (Å²) in [6.07, 6.45) is 3.61. The van der Waals surface area contributed by atoms with Crippen LogP contribution < -0.4 is 0 Å². The molecule has 3 aromatic rings. The Hall–Kier alpha value is -2.76. The first-order valence-electron chi connectivity index (χ1n) is 8.49. The van der Waals surface area contributed by atoms with Gasteiger partial charge in [0, 0.05) is 35.6 Å². The molecule has 0 atom stereocenters. The van der Waals surface area contributed by atoms with Gasteiger partial charge in [0.15, 0.2) is 0 Å². The summed E-state index contributed by atoms with van der Waals surface area (Å²) in [6, 6.07) is 7.88. The molecule has 0 N–H and O–H groups in total. The van der Waals surface area contributed by atoms with Gasteiger partial charge in [0.05, 0.1) is 0 Å². The molecule has 6 nitrogen and oxygen atoms in total. The highest BCUT2D eigenvalue weighted by Gasteiger charge is 2.24. The molecule has 0 spiro atoms. The van der Waals surface area contributed by atoms with E-state index in [4.69, 9.17) is 0 Å². The van der Waals surface area contributed by atoms with Crippen molar-refractivity contribution in [3.63, 3.8) is 0 Å². The fourth-order valence-corrected chi connectivity index (χ4v) is 3.15. The summed E-state index contributed by atoms with van der Waals surface area (Å²) in [7, 11) is 0. The predicted octanol–water partition coefficient (Wildman–Crippen LogP) is 3.36. The molecular formula is C19H23N5O. The van der Waals surface area contributed by atoms with Crippen LogP contribution >= 0.6 is 0 Å². The number of hydrogen-bond donors (Lipinski definition) is 0. The van der Waals surface area contributed by atoms with Gasteiger partial charge in [-0.1, -0.05) is 18.2 Å². The second-order valence-corrected chi connectivity index (χ2v) is 6.69. The monoisotopic (exact) mass is 337 g/mol. The second-order valence-electron chi connectivity index (χ2n) is 6.69. The van der Waals surface area contributed by atoms with Crippen LogP contribution in [-0.2, 0) is 0 Å². The van der Waals surface area contributed by atoms with Crippen molar-refractivity contribution in [1.82, 2.24) is 24.5 Å². The molecule has 25 heavy (non-hydrogen) atoms. The maximum atomic E-state index is 13.2. The van der Waals surface area contributed by atoms with Gasteiger partial charge in [0.2, 0.25) is 0 Å². The number of nitrogens with zero attached hydrogens (tertiary/aromatic N) is 5. The summed E-state index contributed by atoms with van der Waals surface area (Å²) < 4.78 is 1.65. The van der Waals surface area contributed by atoms with Crippen LogP contribution in [0.4, 0.5) is 0 Å². The quantitative estimate of drug-likeness (QED) is 0.732. The van der Waals surface area contributed by atoms with Crippen molar-refractivity contribution in [2.24, 2.45) is 0 Å². The van der Waals surface area contributed by atoms with Crippen LogP contribution in [0.25, 0.3) is 16.9 Å². The Kier molecular flexibility index (Phi) is 4.53. The molecule has 0 aliphatic rings. The van der Waals surface area contributed by atoms with Gasteiger partial charge in [-0.2, -0.15) is 10.1 Å². The van der Waals surface area contributed by atoms with E-state index in [0.717, 1.165) is 11.1 Å². The summed E-state index contributed by atoms with van der Waals surface area (Å²) in [4.78, 5) is 23.7. The molecule has 6 heteroatoms. The first kappa shape index (κ1) is 17.1. The molecule has 0 saturated heterocycles. The Balaban J connectivity index is 2.09. The summed E-state index contributed by atoms with van der Waals surface area (Å²) in [6.45, 7) is 9.96. The topological polar surface area (TPSA) is 63.4 Å². The SMILES string of the molecule is Cc1nc2ncc(-c3ccccc3C(=O)N(C(C)C)C(C)C)cn2n1. The maximum absolute atomic E-state index is 13.2. The molecule has 130 valence electrons. The minimum absolute atomic E-state index is 0.0236. The van der Waals surface area contributed by atoms with Gasteiger partial charge in [0.25, 0.3) is 11.7 Å². The summed E-state index contributed by atoms with van der Waals surface area (Å²) in [5.41, 5.74) is 2.36. The molecule has 0 aliphatic carbocycles. The van der Waals surface area contributed by atoms with Crippen molar-refractivity contribution in [3.8, 4) is 11.1 Å². The normalized spacial score (nSPS) is 11.5. The lowest BCUT2D eigenvalue weighted by Gasteiger charge is -2.31. The lowest BCUT2D eigenvalue weighted by molar-refractivity contribution is 0.0644. The molecule has 2 aromatic heterocycles. The van der Waals surface area contributed by atoms with Crippen LogP contribution in [0.2, 0.25) is 0 Å². The fourth-order valence-electron chi connectivity index (χ4n) is 3.15. The molecule has 0 fully saturated rings. The third kappa shape index (κ3) is 3.24. The average molecular weight is 337 g/mol. The molecule has 0 saturated carbocycles. The number of aromatic nitrogens is 4. The van der Waals surface area contributed by atoms with E-state index < -0.39 is 0 Å². The molecule has 0 unspecified atom stereocenters. The van der Waals surface area contributed by atoms with Gasteiger partial charge in [-0.3, -0.25) is 4.79 Å². The van der Waals surface area contributed by atoms with E-state index in [-0.39, 0.29) is 18.0 Å². The van der Waals surface area contributed by atoms with E-state index in [2.05, 4.69) is 15.1 Å². The van der Waals surface area contributed by atoms with Crippen LogP contribution in [0.3, 0.4) is 0 Å². The predicted molar refractivity (Wildman–Crippen MR) is 97.4 cm³/mol. The van der Waals surface area contributed by atoms with E-state index in [1.165, 1.54) is 0 Å². The van der Waals surface area contributed by atoms with Crippen LogP contribution in [0, 0.1) is 6.92 Å². The number of amides is 1. The van der Waals surface area contributed by atoms with Gasteiger partial charge in [-0.15, -0.1) is 0 Å². The second kappa shape index (κ2) is 6.63. The number of fused-ring (bicyclic) bond motifs is 1. The largest absolute Gasteiger partial charge is 0.334 e. The fraction of sp³-hybridized carbons (Fsp3) is 0.368. The minimum Gasteiger partial charge on any atom is -0.334 e. The smallest absolute Gasteiger partial charge is 0.254 e. The van der Waals surface area contributed by atoms with E-state index in [1.54, 1.807) is 10.7 Å². The third-order valence-corrected chi connectivity index (χ3v) is 4.12. The number of aryl methyl sites for hydroxylation is 1. The third-order valence-electron chi connectivity index (χ3n) is 4.12. The van der Waals surface area contributed by atoms with E-state index in [9.17, 15) is 4.79 Å². The van der Waals surface area contributed by atoms with Crippen molar-refractivity contribution >= 4 is 11.7 Å². The Morgan fingerprint density at radius 2 is 1.80 bits per heavy atom. The number of carbonyl (C=O) groups excluding carboxylic acids is 1. The average Bonchev–Trinajstić information content (AvgIpc) is 2.93. The van der Waals surface area contributed by atoms with Crippen molar-refractivity contribution in [3.05, 3.63) is 48.0 Å². The highest BCUT2D eigenvalue weighted by molar-refractivity contribution is 6.01. The van der Waals surface area contributed by atoms with Crippen LogP contribution in [0.1, 0.15) is 43.9 Å². The molecule has 2 heterocycles. The van der Waals surface area contributed by atoms with Crippen LogP contribution in [0.15, 0.2) is 36.7 Å². The maximum Gasteiger partial charge on any atom is 0.254 e. The van der Waals surface area contributed by atoms with Gasteiger partial charge in [0.1, 0.15) is 5.82 Å². The molecule has 3 rings (SSSR count). The van der Waals surface area contributed by atoms with E-state index >= 15 is 0 Å². The Bertz CT molecular complexity index is 905.